The highest BCUT2D eigenvalue weighted by Crippen LogP contribution is 2.34. The standard InChI is InChI=1S/C30H40N6/c1-7-8-26(19-27-13-16-35(17-14-27)30-31-20-22(2)21-32-30)12-15-34(6)29-10-9-28(24(4)33-29)36-18-11-23(3)25(36)5/h7-10,12,15,20-21,23,27H,1,5,11,13-14,16-19H2,2-4,6H3/b15-12-,26-8+. The summed E-state index contributed by atoms with van der Waals surface area (Å²) in [7, 11) is 2.06. The average molecular weight is 485 g/mol. The van der Waals surface area contributed by atoms with Gasteiger partial charge in [-0.1, -0.05) is 32.2 Å². The van der Waals surface area contributed by atoms with Gasteiger partial charge in [-0.2, -0.15) is 0 Å². The van der Waals surface area contributed by atoms with E-state index >= 15 is 0 Å². The number of rotatable bonds is 8. The summed E-state index contributed by atoms with van der Waals surface area (Å²) in [6.07, 6.45) is 16.6. The second-order valence-electron chi connectivity index (χ2n) is 10.2. The van der Waals surface area contributed by atoms with Crippen LogP contribution >= 0.6 is 0 Å². The van der Waals surface area contributed by atoms with Gasteiger partial charge < -0.3 is 14.7 Å². The van der Waals surface area contributed by atoms with Crippen molar-refractivity contribution >= 4 is 17.5 Å². The highest BCUT2D eigenvalue weighted by molar-refractivity contribution is 5.60. The van der Waals surface area contributed by atoms with Crippen LogP contribution in [0.1, 0.15) is 43.9 Å². The Kier molecular flexibility index (Phi) is 8.24. The Morgan fingerprint density at radius 1 is 1.11 bits per heavy atom. The number of nitrogens with zero attached hydrogens (tertiary/aromatic N) is 6. The fourth-order valence-corrected chi connectivity index (χ4v) is 5.04. The minimum atomic E-state index is 0.535. The average Bonchev–Trinajstić information content (AvgIpc) is 3.21. The molecule has 1 unspecified atom stereocenters. The van der Waals surface area contributed by atoms with Gasteiger partial charge in [-0.3, -0.25) is 0 Å². The predicted molar refractivity (Wildman–Crippen MR) is 151 cm³/mol. The first-order chi connectivity index (χ1) is 17.4. The molecule has 0 aliphatic carbocycles. The normalized spacial score (nSPS) is 19.4. The molecule has 4 rings (SSSR count). The molecular formula is C30H40N6. The van der Waals surface area contributed by atoms with Gasteiger partial charge in [-0.05, 0) is 80.7 Å². The van der Waals surface area contributed by atoms with Gasteiger partial charge in [0.25, 0.3) is 0 Å². The van der Waals surface area contributed by atoms with E-state index in [1.54, 1.807) is 0 Å². The molecule has 2 fully saturated rings. The number of hydrogen-bond acceptors (Lipinski definition) is 6. The fourth-order valence-electron chi connectivity index (χ4n) is 5.04. The topological polar surface area (TPSA) is 48.4 Å². The van der Waals surface area contributed by atoms with Crippen molar-refractivity contribution in [2.45, 2.75) is 46.5 Å². The number of allylic oxidation sites excluding steroid dienone is 5. The first kappa shape index (κ1) is 25.7. The Bertz CT molecular complexity index is 1120. The van der Waals surface area contributed by atoms with Crippen LogP contribution in [-0.4, -0.2) is 41.6 Å². The van der Waals surface area contributed by atoms with Crippen molar-refractivity contribution in [2.24, 2.45) is 11.8 Å². The Hall–Kier alpha value is -3.41. The van der Waals surface area contributed by atoms with Crippen LogP contribution in [0.5, 0.6) is 0 Å². The zero-order chi connectivity index (χ0) is 25.7. The van der Waals surface area contributed by atoms with Crippen molar-refractivity contribution in [2.75, 3.05) is 41.4 Å². The second kappa shape index (κ2) is 11.5. The summed E-state index contributed by atoms with van der Waals surface area (Å²) in [5.41, 5.74) is 5.78. The Morgan fingerprint density at radius 3 is 2.44 bits per heavy atom. The van der Waals surface area contributed by atoms with Crippen molar-refractivity contribution in [1.29, 1.82) is 0 Å². The molecule has 2 aliphatic heterocycles. The maximum absolute atomic E-state index is 4.89. The van der Waals surface area contributed by atoms with Crippen molar-refractivity contribution < 1.29 is 0 Å². The molecule has 1 atom stereocenters. The third-order valence-electron chi connectivity index (χ3n) is 7.43. The first-order valence-corrected chi connectivity index (χ1v) is 13.1. The number of pyridine rings is 1. The largest absolute Gasteiger partial charge is 0.344 e. The van der Waals surface area contributed by atoms with Crippen molar-refractivity contribution in [3.63, 3.8) is 0 Å². The van der Waals surface area contributed by atoms with Crippen LogP contribution in [0.3, 0.4) is 0 Å². The van der Waals surface area contributed by atoms with E-state index in [1.165, 1.54) is 17.0 Å². The SMILES string of the molecule is C=C/C=C(\C=C/N(C)c1ccc(N2CCC(C)C2=C)c(C)n1)CC1CCN(c2ncc(C)cn2)CC1. The smallest absolute Gasteiger partial charge is 0.225 e. The lowest BCUT2D eigenvalue weighted by atomic mass is 9.90. The van der Waals surface area contributed by atoms with E-state index in [1.807, 2.05) is 25.4 Å². The molecule has 4 heterocycles. The lowest BCUT2D eigenvalue weighted by molar-refractivity contribution is 0.402. The van der Waals surface area contributed by atoms with E-state index in [0.29, 0.717) is 11.8 Å². The maximum Gasteiger partial charge on any atom is 0.225 e. The predicted octanol–water partition coefficient (Wildman–Crippen LogP) is 6.22. The van der Waals surface area contributed by atoms with E-state index in [0.717, 1.165) is 68.3 Å². The second-order valence-corrected chi connectivity index (χ2v) is 10.2. The maximum atomic E-state index is 4.89. The lowest BCUT2D eigenvalue weighted by Crippen LogP contribution is -2.34. The monoisotopic (exact) mass is 484 g/mol. The molecule has 0 bridgehead atoms. The van der Waals surface area contributed by atoms with E-state index in [2.05, 4.69) is 89.2 Å². The molecule has 6 nitrogen and oxygen atoms in total. The molecule has 0 radical (unpaired) electrons. The van der Waals surface area contributed by atoms with Crippen LogP contribution in [0.25, 0.3) is 0 Å². The summed E-state index contributed by atoms with van der Waals surface area (Å²) in [4.78, 5) is 20.6. The van der Waals surface area contributed by atoms with Crippen LogP contribution < -0.4 is 14.7 Å². The number of piperidine rings is 1. The number of hydrogen-bond donors (Lipinski definition) is 0. The van der Waals surface area contributed by atoms with Crippen molar-refractivity contribution in [1.82, 2.24) is 15.0 Å². The number of anilines is 3. The molecule has 36 heavy (non-hydrogen) atoms. The van der Waals surface area contributed by atoms with E-state index in [9.17, 15) is 0 Å². The first-order valence-electron chi connectivity index (χ1n) is 13.1. The molecule has 0 saturated carbocycles. The van der Waals surface area contributed by atoms with Gasteiger partial charge >= 0.3 is 0 Å². The van der Waals surface area contributed by atoms with E-state index < -0.39 is 0 Å². The summed E-state index contributed by atoms with van der Waals surface area (Å²) in [5.74, 6) is 2.96. The minimum absolute atomic E-state index is 0.535. The van der Waals surface area contributed by atoms with Crippen molar-refractivity contribution in [3.8, 4) is 0 Å². The van der Waals surface area contributed by atoms with Crippen LogP contribution in [0.4, 0.5) is 17.5 Å². The number of aromatic nitrogens is 3. The Balaban J connectivity index is 1.35. The molecule has 2 aliphatic rings. The minimum Gasteiger partial charge on any atom is -0.344 e. The fraction of sp³-hybridized carbons (Fsp3) is 0.433. The van der Waals surface area contributed by atoms with Crippen LogP contribution in [0.15, 0.2) is 73.4 Å². The van der Waals surface area contributed by atoms with E-state index in [4.69, 9.17) is 4.98 Å². The molecule has 2 aromatic heterocycles. The van der Waals surface area contributed by atoms with Gasteiger partial charge in [-0.15, -0.1) is 0 Å². The summed E-state index contributed by atoms with van der Waals surface area (Å²) < 4.78 is 0. The third-order valence-corrected chi connectivity index (χ3v) is 7.43. The molecule has 0 spiro atoms. The molecule has 0 aromatic carbocycles. The Morgan fingerprint density at radius 2 is 1.83 bits per heavy atom. The van der Waals surface area contributed by atoms with Gasteiger partial charge in [0.05, 0.1) is 11.4 Å². The molecule has 2 saturated heterocycles. The summed E-state index contributed by atoms with van der Waals surface area (Å²) in [6, 6.07) is 4.28. The van der Waals surface area contributed by atoms with Gasteiger partial charge in [-0.25, -0.2) is 15.0 Å². The molecule has 0 amide bonds. The summed E-state index contributed by atoms with van der Waals surface area (Å²) in [5, 5.41) is 0. The van der Waals surface area contributed by atoms with E-state index in [-0.39, 0.29) is 0 Å². The highest BCUT2D eigenvalue weighted by Gasteiger charge is 2.25. The van der Waals surface area contributed by atoms with Crippen LogP contribution in [0, 0.1) is 25.7 Å². The summed E-state index contributed by atoms with van der Waals surface area (Å²) in [6.45, 7) is 17.6. The molecule has 0 N–H and O–H groups in total. The van der Waals surface area contributed by atoms with Gasteiger partial charge in [0.2, 0.25) is 5.95 Å². The lowest BCUT2D eigenvalue weighted by Gasteiger charge is -2.32. The zero-order valence-electron chi connectivity index (χ0n) is 22.3. The van der Waals surface area contributed by atoms with Gasteiger partial charge in [0, 0.05) is 51.0 Å². The van der Waals surface area contributed by atoms with Gasteiger partial charge in [0.15, 0.2) is 0 Å². The molecule has 190 valence electrons. The highest BCUT2D eigenvalue weighted by atomic mass is 15.2. The van der Waals surface area contributed by atoms with Crippen molar-refractivity contribution in [3.05, 3.63) is 84.6 Å². The van der Waals surface area contributed by atoms with Crippen LogP contribution in [0.2, 0.25) is 0 Å². The van der Waals surface area contributed by atoms with Crippen LogP contribution in [-0.2, 0) is 0 Å². The Labute approximate surface area is 216 Å². The zero-order valence-corrected chi connectivity index (χ0v) is 22.3. The van der Waals surface area contributed by atoms with Gasteiger partial charge in [0.1, 0.15) is 5.82 Å². The molecular weight excluding hydrogens is 444 g/mol. The molecule has 2 aromatic rings. The third kappa shape index (κ3) is 6.04. The number of aryl methyl sites for hydroxylation is 2. The quantitative estimate of drug-likeness (QED) is 0.415. The summed E-state index contributed by atoms with van der Waals surface area (Å²) >= 11 is 0. The molecule has 6 heteroatoms.